The van der Waals surface area contributed by atoms with Crippen LogP contribution >= 0.6 is 0 Å². The van der Waals surface area contributed by atoms with Gasteiger partial charge in [0, 0.05) is 6.42 Å². The molecular weight excluding hydrogens is 476 g/mol. The molecule has 0 aromatic heterocycles. The molecule has 208 valence electrons. The van der Waals surface area contributed by atoms with Crippen molar-refractivity contribution < 1.29 is 19.1 Å². The summed E-state index contributed by atoms with van der Waals surface area (Å²) >= 11 is 0. The van der Waals surface area contributed by atoms with Crippen LogP contribution < -0.4 is 14.9 Å². The molecule has 0 unspecified atom stereocenters. The summed E-state index contributed by atoms with van der Waals surface area (Å²) in [4.78, 5) is 24.3. The highest BCUT2D eigenvalue weighted by atomic mass is 16.5. The molecule has 0 aliphatic carbocycles. The first-order chi connectivity index (χ1) is 18.6. The summed E-state index contributed by atoms with van der Waals surface area (Å²) in [6.07, 6.45) is 18.8. The number of hydrogen-bond donors (Lipinski definition) is 1. The molecule has 0 aliphatic heterocycles. The van der Waals surface area contributed by atoms with Crippen molar-refractivity contribution >= 4 is 18.1 Å². The summed E-state index contributed by atoms with van der Waals surface area (Å²) in [7, 11) is 0. The first kappa shape index (κ1) is 31.1. The van der Waals surface area contributed by atoms with Crippen molar-refractivity contribution in [2.45, 2.75) is 104 Å². The molecule has 0 radical (unpaired) electrons. The van der Waals surface area contributed by atoms with Gasteiger partial charge in [0.2, 0.25) is 5.91 Å². The van der Waals surface area contributed by atoms with Gasteiger partial charge in [-0.25, -0.2) is 10.2 Å². The average Bonchev–Trinajstić information content (AvgIpc) is 2.93. The highest BCUT2D eigenvalue weighted by Gasteiger charge is 2.09. The van der Waals surface area contributed by atoms with Gasteiger partial charge in [-0.05, 0) is 67.4 Å². The van der Waals surface area contributed by atoms with Gasteiger partial charge < -0.3 is 9.47 Å². The van der Waals surface area contributed by atoms with Crippen molar-refractivity contribution in [3.63, 3.8) is 0 Å². The molecule has 0 saturated heterocycles. The fourth-order valence-electron chi connectivity index (χ4n) is 4.18. The number of ether oxygens (including phenoxy) is 2. The van der Waals surface area contributed by atoms with E-state index in [-0.39, 0.29) is 5.91 Å². The number of hydrazone groups is 1. The van der Waals surface area contributed by atoms with Gasteiger partial charge in [0.25, 0.3) is 0 Å². The molecule has 0 aliphatic rings. The van der Waals surface area contributed by atoms with Crippen LogP contribution in [0.15, 0.2) is 53.6 Å². The van der Waals surface area contributed by atoms with Gasteiger partial charge in [0.1, 0.15) is 11.5 Å². The Morgan fingerprint density at radius 3 is 1.79 bits per heavy atom. The van der Waals surface area contributed by atoms with Gasteiger partial charge >= 0.3 is 5.97 Å². The van der Waals surface area contributed by atoms with E-state index in [1.807, 2.05) is 6.92 Å². The van der Waals surface area contributed by atoms with Gasteiger partial charge in [0.15, 0.2) is 0 Å². The maximum atomic E-state index is 12.3. The monoisotopic (exact) mass is 522 g/mol. The number of carbonyl (C=O) groups excluding carboxylic acids is 2. The number of amides is 1. The van der Waals surface area contributed by atoms with E-state index in [1.165, 1.54) is 70.6 Å². The highest BCUT2D eigenvalue weighted by Crippen LogP contribution is 2.17. The Morgan fingerprint density at radius 1 is 0.711 bits per heavy atom. The molecule has 0 fully saturated rings. The van der Waals surface area contributed by atoms with Crippen LogP contribution in [0.3, 0.4) is 0 Å². The normalized spacial score (nSPS) is 11.0. The molecule has 1 amide bonds. The van der Waals surface area contributed by atoms with Crippen LogP contribution in [0.4, 0.5) is 0 Å². The Morgan fingerprint density at radius 2 is 1.24 bits per heavy atom. The van der Waals surface area contributed by atoms with Crippen molar-refractivity contribution in [2.24, 2.45) is 5.10 Å². The van der Waals surface area contributed by atoms with Crippen molar-refractivity contribution in [2.75, 3.05) is 6.61 Å². The number of nitrogens with zero attached hydrogens (tertiary/aromatic N) is 1. The van der Waals surface area contributed by atoms with Crippen LogP contribution in [0.5, 0.6) is 11.5 Å². The second-order valence-corrected chi connectivity index (χ2v) is 9.70. The zero-order chi connectivity index (χ0) is 27.3. The molecule has 2 aromatic carbocycles. The third-order valence-corrected chi connectivity index (χ3v) is 6.40. The van der Waals surface area contributed by atoms with Crippen molar-refractivity contribution in [1.29, 1.82) is 0 Å². The molecular formula is C32H46N2O4. The zero-order valence-electron chi connectivity index (χ0n) is 23.4. The average molecular weight is 523 g/mol. The number of esters is 1. The lowest BCUT2D eigenvalue weighted by atomic mass is 10.0. The molecule has 6 nitrogen and oxygen atoms in total. The van der Waals surface area contributed by atoms with E-state index in [2.05, 4.69) is 17.5 Å². The van der Waals surface area contributed by atoms with Crippen molar-refractivity contribution in [3.05, 3.63) is 59.7 Å². The van der Waals surface area contributed by atoms with Crippen LogP contribution in [0, 0.1) is 0 Å². The summed E-state index contributed by atoms with van der Waals surface area (Å²) in [5.74, 6) is 0.650. The Balaban J connectivity index is 1.53. The van der Waals surface area contributed by atoms with E-state index >= 15 is 0 Å². The maximum Gasteiger partial charge on any atom is 0.343 e. The van der Waals surface area contributed by atoms with E-state index in [0.717, 1.165) is 18.4 Å². The molecule has 0 heterocycles. The van der Waals surface area contributed by atoms with Crippen molar-refractivity contribution in [3.8, 4) is 11.5 Å². The largest absolute Gasteiger partial charge is 0.494 e. The lowest BCUT2D eigenvalue weighted by Crippen LogP contribution is -2.16. The summed E-state index contributed by atoms with van der Waals surface area (Å²) in [6.45, 7) is 4.74. The molecule has 38 heavy (non-hydrogen) atoms. The summed E-state index contributed by atoms with van der Waals surface area (Å²) < 4.78 is 10.8. The first-order valence-electron chi connectivity index (χ1n) is 14.5. The molecule has 2 rings (SSSR count). The van der Waals surface area contributed by atoms with Crippen LogP contribution in [-0.2, 0) is 4.79 Å². The van der Waals surface area contributed by atoms with Crippen LogP contribution in [0.1, 0.15) is 120 Å². The summed E-state index contributed by atoms with van der Waals surface area (Å²) in [5, 5.41) is 4.04. The minimum Gasteiger partial charge on any atom is -0.494 e. The molecule has 0 saturated carbocycles. The highest BCUT2D eigenvalue weighted by molar-refractivity contribution is 5.91. The van der Waals surface area contributed by atoms with Gasteiger partial charge in [-0.2, -0.15) is 5.10 Å². The van der Waals surface area contributed by atoms with E-state index in [4.69, 9.17) is 9.47 Å². The third-order valence-electron chi connectivity index (χ3n) is 6.40. The molecule has 6 heteroatoms. The number of benzene rings is 2. The molecule has 0 bridgehead atoms. The smallest absolute Gasteiger partial charge is 0.343 e. The van der Waals surface area contributed by atoms with E-state index in [1.54, 1.807) is 54.7 Å². The lowest BCUT2D eigenvalue weighted by molar-refractivity contribution is -0.121. The maximum absolute atomic E-state index is 12.3. The number of rotatable bonds is 20. The number of carbonyl (C=O) groups is 2. The van der Waals surface area contributed by atoms with Crippen LogP contribution in [0.25, 0.3) is 0 Å². The van der Waals surface area contributed by atoms with E-state index in [9.17, 15) is 9.59 Å². The fraction of sp³-hybridized carbons (Fsp3) is 0.531. The minimum atomic E-state index is -0.435. The van der Waals surface area contributed by atoms with Crippen LogP contribution in [0.2, 0.25) is 0 Å². The summed E-state index contributed by atoms with van der Waals surface area (Å²) in [6, 6.07) is 13.8. The molecule has 0 atom stereocenters. The first-order valence-corrected chi connectivity index (χ1v) is 14.5. The molecule has 1 N–H and O–H groups in total. The Kier molecular flexibility index (Phi) is 16.3. The van der Waals surface area contributed by atoms with Gasteiger partial charge in [-0.1, -0.05) is 84.0 Å². The number of unbranched alkanes of at least 4 members (excludes halogenated alkanes) is 12. The minimum absolute atomic E-state index is 0.0646. The van der Waals surface area contributed by atoms with Crippen molar-refractivity contribution in [1.82, 2.24) is 5.43 Å². The Bertz CT molecular complexity index is 939. The standard InChI is InChI=1S/C32H46N2O4/c1-3-5-6-7-8-9-10-11-12-13-14-15-16-17-31(35)34-33-26-27-18-22-30(23-19-27)38-32(36)28-20-24-29(25-21-28)37-4-2/h18-26H,3-17H2,1-2H3,(H,34,35)/b33-26+. The quantitative estimate of drug-likeness (QED) is 0.0624. The molecule has 2 aromatic rings. The number of hydrogen-bond acceptors (Lipinski definition) is 5. The zero-order valence-corrected chi connectivity index (χ0v) is 23.4. The topological polar surface area (TPSA) is 77.0 Å². The van der Waals surface area contributed by atoms with E-state index < -0.39 is 5.97 Å². The van der Waals surface area contributed by atoms with Crippen LogP contribution in [-0.4, -0.2) is 24.7 Å². The predicted octanol–water partition coefficient (Wildman–Crippen LogP) is 8.24. The van der Waals surface area contributed by atoms with Gasteiger partial charge in [-0.15, -0.1) is 0 Å². The van der Waals surface area contributed by atoms with Gasteiger partial charge in [-0.3, -0.25) is 4.79 Å². The molecule has 0 spiro atoms. The second-order valence-electron chi connectivity index (χ2n) is 9.70. The second kappa shape index (κ2) is 19.9. The fourth-order valence-corrected chi connectivity index (χ4v) is 4.18. The Labute approximate surface area is 229 Å². The third kappa shape index (κ3) is 14.0. The van der Waals surface area contributed by atoms with Gasteiger partial charge in [0.05, 0.1) is 18.4 Å². The summed E-state index contributed by atoms with van der Waals surface area (Å²) in [5.41, 5.74) is 3.84. The SMILES string of the molecule is CCCCCCCCCCCCCCCC(=O)N/N=C/c1ccc(OC(=O)c2ccc(OCC)cc2)cc1. The predicted molar refractivity (Wildman–Crippen MR) is 155 cm³/mol. The Hall–Kier alpha value is -3.15. The van der Waals surface area contributed by atoms with E-state index in [0.29, 0.717) is 30.1 Å². The number of nitrogens with one attached hydrogen (secondary N) is 1. The lowest BCUT2D eigenvalue weighted by Gasteiger charge is -2.06.